The standard InChI is InChI=1S/C26H40FN3O3/c1-5-7-8-9-10-14-23(31)30-16-15-29(18-20(30)4)26(33)24(19(3)6-2)28-25(32)21-12-11-13-22(27)17-21/h11-13,17,19-20,24H,5-10,14-16,18H2,1-4H3,(H,28,32). The van der Waals surface area contributed by atoms with E-state index in [-0.39, 0.29) is 29.3 Å². The highest BCUT2D eigenvalue weighted by Crippen LogP contribution is 2.18. The molecule has 1 aliphatic heterocycles. The first-order chi connectivity index (χ1) is 15.8. The fourth-order valence-electron chi connectivity index (χ4n) is 4.29. The van der Waals surface area contributed by atoms with Gasteiger partial charge in [-0.3, -0.25) is 14.4 Å². The number of carbonyl (C=O) groups excluding carboxylic acids is 3. The van der Waals surface area contributed by atoms with Crippen LogP contribution in [0.4, 0.5) is 4.39 Å². The lowest BCUT2D eigenvalue weighted by atomic mass is 9.96. The maximum Gasteiger partial charge on any atom is 0.252 e. The number of halogens is 1. The molecule has 184 valence electrons. The van der Waals surface area contributed by atoms with Crippen molar-refractivity contribution < 1.29 is 18.8 Å². The third-order valence-electron chi connectivity index (χ3n) is 6.61. The van der Waals surface area contributed by atoms with Crippen LogP contribution in [-0.4, -0.2) is 59.2 Å². The fraction of sp³-hybridized carbons (Fsp3) is 0.654. The molecule has 1 heterocycles. The number of unbranched alkanes of at least 4 members (excludes halogenated alkanes) is 4. The lowest BCUT2D eigenvalue weighted by Crippen LogP contribution is -2.60. The second-order valence-corrected chi connectivity index (χ2v) is 9.23. The molecule has 6 nitrogen and oxygen atoms in total. The molecule has 1 aromatic rings. The van der Waals surface area contributed by atoms with Crippen LogP contribution in [0.15, 0.2) is 24.3 Å². The molecule has 0 aromatic heterocycles. The summed E-state index contributed by atoms with van der Waals surface area (Å²) in [5, 5.41) is 2.82. The van der Waals surface area contributed by atoms with Gasteiger partial charge in [0.15, 0.2) is 0 Å². The van der Waals surface area contributed by atoms with Crippen LogP contribution >= 0.6 is 0 Å². The van der Waals surface area contributed by atoms with Gasteiger partial charge < -0.3 is 15.1 Å². The van der Waals surface area contributed by atoms with Crippen LogP contribution in [0.5, 0.6) is 0 Å². The van der Waals surface area contributed by atoms with E-state index in [1.165, 1.54) is 43.5 Å². The molecule has 3 atom stereocenters. The molecule has 0 radical (unpaired) electrons. The van der Waals surface area contributed by atoms with Crippen molar-refractivity contribution in [1.29, 1.82) is 0 Å². The first-order valence-electron chi connectivity index (χ1n) is 12.4. The van der Waals surface area contributed by atoms with Crippen LogP contribution in [0.3, 0.4) is 0 Å². The molecule has 1 saturated heterocycles. The van der Waals surface area contributed by atoms with E-state index in [0.29, 0.717) is 32.5 Å². The summed E-state index contributed by atoms with van der Waals surface area (Å²) in [6.07, 6.45) is 6.81. The summed E-state index contributed by atoms with van der Waals surface area (Å²) >= 11 is 0. The van der Waals surface area contributed by atoms with Gasteiger partial charge in [0.2, 0.25) is 11.8 Å². The minimum atomic E-state index is -0.696. The van der Waals surface area contributed by atoms with Gasteiger partial charge in [0, 0.05) is 37.7 Å². The van der Waals surface area contributed by atoms with E-state index in [2.05, 4.69) is 12.2 Å². The van der Waals surface area contributed by atoms with Gasteiger partial charge in [-0.25, -0.2) is 4.39 Å². The first kappa shape index (κ1) is 26.8. The Morgan fingerprint density at radius 1 is 1.12 bits per heavy atom. The van der Waals surface area contributed by atoms with Gasteiger partial charge in [-0.2, -0.15) is 0 Å². The predicted molar refractivity (Wildman–Crippen MR) is 128 cm³/mol. The number of hydrogen-bond acceptors (Lipinski definition) is 3. The Kier molecular flexibility index (Phi) is 10.8. The van der Waals surface area contributed by atoms with Gasteiger partial charge in [-0.1, -0.05) is 58.9 Å². The van der Waals surface area contributed by atoms with Crippen LogP contribution in [0.2, 0.25) is 0 Å². The minimum Gasteiger partial charge on any atom is -0.340 e. The summed E-state index contributed by atoms with van der Waals surface area (Å²) in [5.41, 5.74) is 0.193. The number of nitrogens with one attached hydrogen (secondary N) is 1. The maximum atomic E-state index is 13.5. The van der Waals surface area contributed by atoms with E-state index in [0.717, 1.165) is 12.8 Å². The molecule has 33 heavy (non-hydrogen) atoms. The first-order valence-corrected chi connectivity index (χ1v) is 12.4. The molecule has 1 aliphatic rings. The van der Waals surface area contributed by atoms with Gasteiger partial charge in [0.25, 0.3) is 5.91 Å². The van der Waals surface area contributed by atoms with E-state index in [4.69, 9.17) is 0 Å². The topological polar surface area (TPSA) is 69.7 Å². The van der Waals surface area contributed by atoms with Crippen LogP contribution in [0.25, 0.3) is 0 Å². The van der Waals surface area contributed by atoms with E-state index in [9.17, 15) is 18.8 Å². The Bertz CT molecular complexity index is 801. The Balaban J connectivity index is 1.96. The highest BCUT2D eigenvalue weighted by molar-refractivity contribution is 5.97. The lowest BCUT2D eigenvalue weighted by molar-refractivity contribution is -0.144. The van der Waals surface area contributed by atoms with Gasteiger partial charge in [0.1, 0.15) is 11.9 Å². The molecule has 1 N–H and O–H groups in total. The van der Waals surface area contributed by atoms with Crippen molar-refractivity contribution in [2.24, 2.45) is 5.92 Å². The summed E-state index contributed by atoms with van der Waals surface area (Å²) < 4.78 is 13.5. The van der Waals surface area contributed by atoms with Crippen molar-refractivity contribution in [3.8, 4) is 0 Å². The summed E-state index contributed by atoms with van der Waals surface area (Å²) in [4.78, 5) is 42.3. The Morgan fingerprint density at radius 2 is 1.85 bits per heavy atom. The van der Waals surface area contributed by atoms with Crippen molar-refractivity contribution >= 4 is 17.7 Å². The Morgan fingerprint density at radius 3 is 2.48 bits per heavy atom. The van der Waals surface area contributed by atoms with E-state index < -0.39 is 17.8 Å². The molecule has 3 unspecified atom stereocenters. The zero-order chi connectivity index (χ0) is 24.4. The largest absolute Gasteiger partial charge is 0.340 e. The third-order valence-corrected chi connectivity index (χ3v) is 6.61. The van der Waals surface area contributed by atoms with Gasteiger partial charge in [-0.15, -0.1) is 0 Å². The quantitative estimate of drug-likeness (QED) is 0.497. The average molecular weight is 462 g/mol. The summed E-state index contributed by atoms with van der Waals surface area (Å²) in [6.45, 7) is 9.45. The van der Waals surface area contributed by atoms with E-state index in [1.54, 1.807) is 4.90 Å². The number of rotatable bonds is 11. The number of nitrogens with zero attached hydrogens (tertiary/aromatic N) is 2. The maximum absolute atomic E-state index is 13.5. The van der Waals surface area contributed by atoms with Crippen molar-refractivity contribution in [2.75, 3.05) is 19.6 Å². The highest BCUT2D eigenvalue weighted by Gasteiger charge is 2.35. The zero-order valence-electron chi connectivity index (χ0n) is 20.6. The number of piperazine rings is 1. The molecule has 7 heteroatoms. The molecule has 3 amide bonds. The summed E-state index contributed by atoms with van der Waals surface area (Å²) in [7, 11) is 0. The van der Waals surface area contributed by atoms with Gasteiger partial charge in [-0.05, 0) is 37.5 Å². The number of hydrogen-bond donors (Lipinski definition) is 1. The molecular weight excluding hydrogens is 421 g/mol. The van der Waals surface area contributed by atoms with Crippen LogP contribution in [0, 0.1) is 11.7 Å². The molecule has 2 rings (SSSR count). The third kappa shape index (κ3) is 7.83. The second kappa shape index (κ2) is 13.3. The second-order valence-electron chi connectivity index (χ2n) is 9.23. The molecule has 0 spiro atoms. The van der Waals surface area contributed by atoms with Crippen LogP contribution in [0.1, 0.15) is 83.0 Å². The SMILES string of the molecule is CCCCCCCC(=O)N1CCN(C(=O)C(NC(=O)c2cccc(F)c2)C(C)CC)CC1C. The minimum absolute atomic E-state index is 0.0673. The van der Waals surface area contributed by atoms with Crippen molar-refractivity contribution in [1.82, 2.24) is 15.1 Å². The fourth-order valence-corrected chi connectivity index (χ4v) is 4.29. The van der Waals surface area contributed by atoms with Crippen LogP contribution in [-0.2, 0) is 9.59 Å². The van der Waals surface area contributed by atoms with Crippen LogP contribution < -0.4 is 5.32 Å². The van der Waals surface area contributed by atoms with Gasteiger partial charge >= 0.3 is 0 Å². The highest BCUT2D eigenvalue weighted by atomic mass is 19.1. The molecule has 1 fully saturated rings. The van der Waals surface area contributed by atoms with E-state index >= 15 is 0 Å². The van der Waals surface area contributed by atoms with Crippen molar-refractivity contribution in [3.05, 3.63) is 35.6 Å². The zero-order valence-corrected chi connectivity index (χ0v) is 20.6. The smallest absolute Gasteiger partial charge is 0.252 e. The molecule has 0 aliphatic carbocycles. The normalized spacial score (nSPS) is 18.0. The number of amides is 3. The molecule has 0 bridgehead atoms. The Labute approximate surface area is 197 Å². The number of carbonyl (C=O) groups is 3. The average Bonchev–Trinajstić information content (AvgIpc) is 2.81. The molecule has 0 saturated carbocycles. The number of benzene rings is 1. The predicted octanol–water partition coefficient (Wildman–Crippen LogP) is 4.39. The van der Waals surface area contributed by atoms with Crippen molar-refractivity contribution in [3.63, 3.8) is 0 Å². The summed E-state index contributed by atoms with van der Waals surface area (Å²) in [5.74, 6) is -1.02. The van der Waals surface area contributed by atoms with Crippen molar-refractivity contribution in [2.45, 2.75) is 84.7 Å². The van der Waals surface area contributed by atoms with E-state index in [1.807, 2.05) is 25.7 Å². The summed E-state index contributed by atoms with van der Waals surface area (Å²) in [6, 6.07) is 4.70. The monoisotopic (exact) mass is 461 g/mol. The molecule has 1 aromatic carbocycles. The Hall–Kier alpha value is -2.44. The van der Waals surface area contributed by atoms with Gasteiger partial charge in [0.05, 0.1) is 0 Å². The lowest BCUT2D eigenvalue weighted by Gasteiger charge is -2.41. The molecular formula is C26H40FN3O3.